The van der Waals surface area contributed by atoms with E-state index in [0.29, 0.717) is 12.0 Å². The molecule has 0 amide bonds. The van der Waals surface area contributed by atoms with Gasteiger partial charge in [-0.3, -0.25) is 0 Å². The van der Waals surface area contributed by atoms with Crippen molar-refractivity contribution in [3.05, 3.63) is 35.1 Å². The molecule has 0 saturated heterocycles. The number of benzene rings is 1. The molecule has 1 unspecified atom stereocenters. The molecule has 0 saturated carbocycles. The maximum Gasteiger partial charge on any atom is 0.235 e. The fraction of sp³-hybridized carbons (Fsp3) is 0.538. The van der Waals surface area contributed by atoms with Crippen LogP contribution in [0.5, 0.6) is 0 Å². The topological polar surface area (TPSA) is 34.1 Å². The van der Waals surface area contributed by atoms with E-state index in [0.717, 1.165) is 5.56 Å². The Morgan fingerprint density at radius 2 is 1.94 bits per heavy atom. The van der Waals surface area contributed by atoms with Crippen molar-refractivity contribution in [3.8, 4) is 0 Å². The molecule has 0 aliphatic carbocycles. The molecule has 5 heteroatoms. The van der Waals surface area contributed by atoms with Gasteiger partial charge in [0.1, 0.15) is 5.82 Å². The van der Waals surface area contributed by atoms with Crippen molar-refractivity contribution in [2.45, 2.75) is 44.8 Å². The second kappa shape index (κ2) is 5.17. The standard InChI is InChI=1S/C13H18ClFO2S/c1-9-7-11(5-6-12(9)15)13(3,4)8-10(2)18(14,16)17/h5-7,10H,8H2,1-4H3. The normalized spacial score (nSPS) is 14.6. The van der Waals surface area contributed by atoms with E-state index in [9.17, 15) is 12.8 Å². The molecule has 0 aromatic heterocycles. The number of hydrogen-bond acceptors (Lipinski definition) is 2. The lowest BCUT2D eigenvalue weighted by Crippen LogP contribution is -2.26. The summed E-state index contributed by atoms with van der Waals surface area (Å²) in [4.78, 5) is 0. The third kappa shape index (κ3) is 3.69. The lowest BCUT2D eigenvalue weighted by molar-refractivity contribution is 0.466. The van der Waals surface area contributed by atoms with E-state index in [2.05, 4.69) is 0 Å². The minimum atomic E-state index is -3.56. The van der Waals surface area contributed by atoms with Gasteiger partial charge in [-0.1, -0.05) is 26.0 Å². The highest BCUT2D eigenvalue weighted by Gasteiger charge is 2.29. The van der Waals surface area contributed by atoms with E-state index >= 15 is 0 Å². The maximum absolute atomic E-state index is 13.2. The molecule has 1 atom stereocenters. The molecule has 18 heavy (non-hydrogen) atoms. The quantitative estimate of drug-likeness (QED) is 0.792. The van der Waals surface area contributed by atoms with Crippen molar-refractivity contribution in [2.75, 3.05) is 0 Å². The van der Waals surface area contributed by atoms with Crippen LogP contribution in [0.25, 0.3) is 0 Å². The molecule has 102 valence electrons. The molecule has 0 fully saturated rings. The first-order chi connectivity index (χ1) is 8.04. The molecular weight excluding hydrogens is 275 g/mol. The van der Waals surface area contributed by atoms with E-state index in [1.807, 2.05) is 13.8 Å². The van der Waals surface area contributed by atoms with Crippen LogP contribution >= 0.6 is 10.7 Å². The zero-order valence-corrected chi connectivity index (χ0v) is 12.6. The predicted molar refractivity (Wildman–Crippen MR) is 73.0 cm³/mol. The Morgan fingerprint density at radius 3 is 2.39 bits per heavy atom. The summed E-state index contributed by atoms with van der Waals surface area (Å²) in [5.41, 5.74) is 1.09. The molecule has 2 nitrogen and oxygen atoms in total. The third-order valence-electron chi connectivity index (χ3n) is 3.22. The van der Waals surface area contributed by atoms with Crippen molar-refractivity contribution in [1.29, 1.82) is 0 Å². The van der Waals surface area contributed by atoms with Crippen molar-refractivity contribution in [2.24, 2.45) is 0 Å². The molecule has 1 rings (SSSR count). The number of aryl methyl sites for hydroxylation is 1. The zero-order valence-electron chi connectivity index (χ0n) is 11.0. The average Bonchev–Trinajstić information content (AvgIpc) is 2.19. The van der Waals surface area contributed by atoms with Gasteiger partial charge in [0.25, 0.3) is 0 Å². The van der Waals surface area contributed by atoms with Gasteiger partial charge in [-0.25, -0.2) is 12.8 Å². The summed E-state index contributed by atoms with van der Waals surface area (Å²) in [5.74, 6) is -0.257. The first-order valence-corrected chi connectivity index (χ1v) is 8.11. The summed E-state index contributed by atoms with van der Waals surface area (Å²) in [6, 6.07) is 4.85. The molecule has 0 aliphatic rings. The highest BCUT2D eigenvalue weighted by Crippen LogP contribution is 2.32. The van der Waals surface area contributed by atoms with Gasteiger partial charge in [-0.15, -0.1) is 0 Å². The highest BCUT2D eigenvalue weighted by atomic mass is 35.7. The molecule has 0 aliphatic heterocycles. The van der Waals surface area contributed by atoms with Crippen molar-refractivity contribution in [1.82, 2.24) is 0 Å². The summed E-state index contributed by atoms with van der Waals surface area (Å²) in [5, 5.41) is -0.639. The molecule has 0 spiro atoms. The summed E-state index contributed by atoms with van der Waals surface area (Å²) in [6.45, 7) is 7.13. The van der Waals surface area contributed by atoms with Crippen LogP contribution in [0.4, 0.5) is 4.39 Å². The highest BCUT2D eigenvalue weighted by molar-refractivity contribution is 8.14. The Kier molecular flexibility index (Phi) is 4.44. The van der Waals surface area contributed by atoms with E-state index in [1.54, 1.807) is 26.0 Å². The first kappa shape index (κ1) is 15.4. The summed E-state index contributed by atoms with van der Waals surface area (Å²) >= 11 is 0. The van der Waals surface area contributed by atoms with E-state index in [1.165, 1.54) is 6.07 Å². The Labute approximate surface area is 113 Å². The summed E-state index contributed by atoms with van der Waals surface area (Å²) in [6.07, 6.45) is 0.393. The third-order valence-corrected chi connectivity index (χ3v) is 5.26. The van der Waals surface area contributed by atoms with Gasteiger partial charge >= 0.3 is 0 Å². The maximum atomic E-state index is 13.2. The predicted octanol–water partition coefficient (Wildman–Crippen LogP) is 3.76. The smallest absolute Gasteiger partial charge is 0.212 e. The number of hydrogen-bond donors (Lipinski definition) is 0. The summed E-state index contributed by atoms with van der Waals surface area (Å²) in [7, 11) is 1.78. The van der Waals surface area contributed by atoms with Crippen LogP contribution in [0.1, 0.15) is 38.3 Å². The fourth-order valence-electron chi connectivity index (χ4n) is 2.00. The van der Waals surface area contributed by atoms with Crippen LogP contribution in [-0.2, 0) is 14.5 Å². The Balaban J connectivity index is 3.02. The van der Waals surface area contributed by atoms with Crippen LogP contribution in [0.3, 0.4) is 0 Å². The van der Waals surface area contributed by atoms with Gasteiger partial charge in [-0.2, -0.15) is 0 Å². The Morgan fingerprint density at radius 1 is 1.39 bits per heavy atom. The van der Waals surface area contributed by atoms with Gasteiger partial charge in [0.2, 0.25) is 9.05 Å². The lowest BCUT2D eigenvalue weighted by Gasteiger charge is -2.28. The number of halogens is 2. The van der Waals surface area contributed by atoms with E-state index in [-0.39, 0.29) is 11.2 Å². The molecule has 0 bridgehead atoms. The van der Waals surface area contributed by atoms with Gasteiger partial charge < -0.3 is 0 Å². The van der Waals surface area contributed by atoms with Crippen molar-refractivity contribution < 1.29 is 12.8 Å². The average molecular weight is 293 g/mol. The van der Waals surface area contributed by atoms with Gasteiger partial charge in [0, 0.05) is 10.7 Å². The molecular formula is C13H18ClFO2S. The molecule has 0 N–H and O–H groups in total. The largest absolute Gasteiger partial charge is 0.235 e. The van der Waals surface area contributed by atoms with Gasteiger partial charge in [-0.05, 0) is 42.9 Å². The Bertz CT molecular complexity index is 538. The van der Waals surface area contributed by atoms with Crippen LogP contribution in [0.15, 0.2) is 18.2 Å². The van der Waals surface area contributed by atoms with Crippen LogP contribution in [0.2, 0.25) is 0 Å². The van der Waals surface area contributed by atoms with Crippen molar-refractivity contribution in [3.63, 3.8) is 0 Å². The van der Waals surface area contributed by atoms with Gasteiger partial charge in [0.15, 0.2) is 0 Å². The monoisotopic (exact) mass is 292 g/mol. The van der Waals surface area contributed by atoms with Crippen molar-refractivity contribution >= 4 is 19.7 Å². The zero-order chi connectivity index (χ0) is 14.1. The molecule has 1 aromatic carbocycles. The van der Waals surface area contributed by atoms with E-state index < -0.39 is 14.3 Å². The van der Waals surface area contributed by atoms with Crippen LogP contribution in [-0.4, -0.2) is 13.7 Å². The molecule has 1 aromatic rings. The number of rotatable bonds is 4. The first-order valence-electron chi connectivity index (χ1n) is 5.74. The van der Waals surface area contributed by atoms with E-state index in [4.69, 9.17) is 10.7 Å². The van der Waals surface area contributed by atoms with Gasteiger partial charge in [0.05, 0.1) is 5.25 Å². The molecule has 0 radical (unpaired) electrons. The fourth-order valence-corrected chi connectivity index (χ4v) is 2.81. The minimum absolute atomic E-state index is 0.257. The Hall–Kier alpha value is -0.610. The SMILES string of the molecule is Cc1cc(C(C)(C)CC(C)S(=O)(=O)Cl)ccc1F. The second-order valence-corrected chi connectivity index (χ2v) is 8.38. The molecule has 0 heterocycles. The lowest BCUT2D eigenvalue weighted by atomic mass is 9.80. The second-order valence-electron chi connectivity index (χ2n) is 5.34. The van der Waals surface area contributed by atoms with Crippen LogP contribution in [0, 0.1) is 12.7 Å². The summed E-state index contributed by atoms with van der Waals surface area (Å²) < 4.78 is 35.8. The van der Waals surface area contributed by atoms with Crippen LogP contribution < -0.4 is 0 Å². The minimum Gasteiger partial charge on any atom is -0.212 e.